The summed E-state index contributed by atoms with van der Waals surface area (Å²) in [6.07, 6.45) is 2.41. The third-order valence-electron chi connectivity index (χ3n) is 2.60. The molecule has 4 heteroatoms. The summed E-state index contributed by atoms with van der Waals surface area (Å²) in [4.78, 5) is 2.23. The second kappa shape index (κ2) is 4.42. The van der Waals surface area contributed by atoms with Crippen LogP contribution in [0.5, 0.6) is 0 Å². The van der Waals surface area contributed by atoms with E-state index in [4.69, 9.17) is 16.9 Å². The third-order valence-corrected chi connectivity index (χ3v) is 3.56. The van der Waals surface area contributed by atoms with Crippen LogP contribution in [0.2, 0.25) is 5.02 Å². The molecule has 1 aromatic rings. The second-order valence-electron chi connectivity index (χ2n) is 3.59. The highest BCUT2D eigenvalue weighted by molar-refractivity contribution is 9.10. The van der Waals surface area contributed by atoms with Crippen molar-refractivity contribution in [2.24, 2.45) is 0 Å². The van der Waals surface area contributed by atoms with Crippen molar-refractivity contribution >= 4 is 33.2 Å². The van der Waals surface area contributed by atoms with Crippen LogP contribution < -0.4 is 4.90 Å². The molecule has 0 spiro atoms. The van der Waals surface area contributed by atoms with Crippen LogP contribution in [0, 0.1) is 11.3 Å². The molecule has 1 fully saturated rings. The van der Waals surface area contributed by atoms with Crippen LogP contribution in [0.25, 0.3) is 0 Å². The Bertz CT molecular complexity index is 419. The van der Waals surface area contributed by atoms with Gasteiger partial charge in [-0.05, 0) is 40.9 Å². The molecule has 0 radical (unpaired) electrons. The molecule has 0 aliphatic carbocycles. The van der Waals surface area contributed by atoms with Gasteiger partial charge < -0.3 is 4.90 Å². The maximum Gasteiger partial charge on any atom is 0.100 e. The zero-order valence-corrected chi connectivity index (χ0v) is 10.5. The topological polar surface area (TPSA) is 27.0 Å². The van der Waals surface area contributed by atoms with Crippen LogP contribution in [0.15, 0.2) is 16.6 Å². The van der Waals surface area contributed by atoms with Crippen molar-refractivity contribution in [2.75, 3.05) is 18.0 Å². The van der Waals surface area contributed by atoms with Crippen molar-refractivity contribution < 1.29 is 0 Å². The maximum absolute atomic E-state index is 8.93. The van der Waals surface area contributed by atoms with Crippen molar-refractivity contribution in [1.29, 1.82) is 5.26 Å². The lowest BCUT2D eigenvalue weighted by molar-refractivity contribution is 0.949. The summed E-state index contributed by atoms with van der Waals surface area (Å²) >= 11 is 9.48. The number of benzene rings is 1. The van der Waals surface area contributed by atoms with Gasteiger partial charge in [0.25, 0.3) is 0 Å². The molecule has 1 aromatic carbocycles. The van der Waals surface area contributed by atoms with E-state index >= 15 is 0 Å². The summed E-state index contributed by atoms with van der Waals surface area (Å²) in [5, 5.41) is 9.65. The first-order valence-corrected chi connectivity index (χ1v) is 6.03. The Labute approximate surface area is 103 Å². The highest BCUT2D eigenvalue weighted by atomic mass is 79.9. The fourth-order valence-electron chi connectivity index (χ4n) is 1.82. The van der Waals surface area contributed by atoms with Gasteiger partial charge in [-0.25, -0.2) is 0 Å². The summed E-state index contributed by atoms with van der Waals surface area (Å²) in [5.74, 6) is 0. The van der Waals surface area contributed by atoms with Crippen molar-refractivity contribution in [3.63, 3.8) is 0 Å². The van der Waals surface area contributed by atoms with E-state index < -0.39 is 0 Å². The molecule has 0 bridgehead atoms. The molecule has 1 aliphatic rings. The molecule has 0 amide bonds. The van der Waals surface area contributed by atoms with Gasteiger partial charge >= 0.3 is 0 Å². The Morgan fingerprint density at radius 3 is 2.60 bits per heavy atom. The average molecular weight is 286 g/mol. The van der Waals surface area contributed by atoms with E-state index in [1.165, 1.54) is 12.8 Å². The van der Waals surface area contributed by atoms with Gasteiger partial charge in [0.2, 0.25) is 0 Å². The lowest BCUT2D eigenvalue weighted by Gasteiger charge is -2.19. The largest absolute Gasteiger partial charge is 0.370 e. The van der Waals surface area contributed by atoms with Gasteiger partial charge in [-0.3, -0.25) is 0 Å². The monoisotopic (exact) mass is 284 g/mol. The zero-order chi connectivity index (χ0) is 10.8. The molecule has 15 heavy (non-hydrogen) atoms. The molecular weight excluding hydrogens is 275 g/mol. The Hall–Kier alpha value is -0.720. The van der Waals surface area contributed by atoms with E-state index in [1.54, 1.807) is 6.07 Å². The molecule has 2 nitrogen and oxygen atoms in total. The zero-order valence-electron chi connectivity index (χ0n) is 8.13. The highest BCUT2D eigenvalue weighted by Gasteiger charge is 2.16. The van der Waals surface area contributed by atoms with Gasteiger partial charge in [0.1, 0.15) is 6.07 Å². The Balaban J connectivity index is 2.42. The first-order valence-electron chi connectivity index (χ1n) is 4.86. The van der Waals surface area contributed by atoms with Crippen LogP contribution in [-0.4, -0.2) is 13.1 Å². The highest BCUT2D eigenvalue weighted by Crippen LogP contribution is 2.33. The molecule has 0 saturated carbocycles. The van der Waals surface area contributed by atoms with E-state index in [2.05, 4.69) is 26.9 Å². The normalized spacial score (nSPS) is 15.4. The molecule has 0 unspecified atom stereocenters. The fraction of sp³-hybridized carbons (Fsp3) is 0.364. The predicted molar refractivity (Wildman–Crippen MR) is 65.3 cm³/mol. The molecule has 1 aliphatic heterocycles. The molecule has 1 heterocycles. The number of hydrogen-bond donors (Lipinski definition) is 0. The first-order chi connectivity index (χ1) is 7.22. The van der Waals surface area contributed by atoms with Crippen LogP contribution in [0.3, 0.4) is 0 Å². The van der Waals surface area contributed by atoms with Crippen LogP contribution in [0.1, 0.15) is 18.4 Å². The molecule has 2 rings (SSSR count). The average Bonchev–Trinajstić information content (AvgIpc) is 2.71. The molecule has 0 N–H and O–H groups in total. The number of halogens is 2. The van der Waals surface area contributed by atoms with Gasteiger partial charge in [-0.15, -0.1) is 0 Å². The van der Waals surface area contributed by atoms with Crippen LogP contribution >= 0.6 is 27.5 Å². The molecule has 0 aromatic heterocycles. The van der Waals surface area contributed by atoms with Gasteiger partial charge in [0, 0.05) is 17.6 Å². The molecule has 1 saturated heterocycles. The minimum Gasteiger partial charge on any atom is -0.370 e. The van der Waals surface area contributed by atoms with E-state index in [1.807, 2.05) is 6.07 Å². The SMILES string of the molecule is N#Cc1cc(N2CCCC2)c(Cl)cc1Br. The number of anilines is 1. The number of nitrogens with zero attached hydrogens (tertiary/aromatic N) is 2. The summed E-state index contributed by atoms with van der Waals surface area (Å²) < 4.78 is 0.762. The third kappa shape index (κ3) is 2.11. The first kappa shape index (κ1) is 10.8. The molecular formula is C11H10BrClN2. The van der Waals surface area contributed by atoms with Crippen molar-refractivity contribution in [3.8, 4) is 6.07 Å². The Morgan fingerprint density at radius 2 is 2.00 bits per heavy atom. The smallest absolute Gasteiger partial charge is 0.100 e. The maximum atomic E-state index is 8.93. The van der Waals surface area contributed by atoms with Crippen molar-refractivity contribution in [2.45, 2.75) is 12.8 Å². The summed E-state index contributed by atoms with van der Waals surface area (Å²) in [7, 11) is 0. The minimum atomic E-state index is 0.640. The number of nitriles is 1. The van der Waals surface area contributed by atoms with Crippen molar-refractivity contribution in [3.05, 3.63) is 27.2 Å². The quantitative estimate of drug-likeness (QED) is 0.788. The van der Waals surface area contributed by atoms with Crippen LogP contribution in [0.4, 0.5) is 5.69 Å². The lowest BCUT2D eigenvalue weighted by atomic mass is 10.2. The molecule has 78 valence electrons. The van der Waals surface area contributed by atoms with Crippen LogP contribution in [-0.2, 0) is 0 Å². The summed E-state index contributed by atoms with van der Waals surface area (Å²) in [6.45, 7) is 2.07. The second-order valence-corrected chi connectivity index (χ2v) is 4.85. The Kier molecular flexibility index (Phi) is 3.18. The van der Waals surface area contributed by atoms with Crippen molar-refractivity contribution in [1.82, 2.24) is 0 Å². The predicted octanol–water partition coefficient (Wildman–Crippen LogP) is 3.57. The summed E-state index contributed by atoms with van der Waals surface area (Å²) in [5.41, 5.74) is 1.62. The van der Waals surface area contributed by atoms with E-state index in [9.17, 15) is 0 Å². The Morgan fingerprint density at radius 1 is 1.33 bits per heavy atom. The lowest BCUT2D eigenvalue weighted by Crippen LogP contribution is -2.18. The number of hydrogen-bond acceptors (Lipinski definition) is 2. The summed E-state index contributed by atoms with van der Waals surface area (Å²) in [6, 6.07) is 5.81. The van der Waals surface area contributed by atoms with Gasteiger partial charge in [-0.2, -0.15) is 5.26 Å². The van der Waals surface area contributed by atoms with E-state index in [0.717, 1.165) is 23.2 Å². The fourth-order valence-corrected chi connectivity index (χ4v) is 2.67. The minimum absolute atomic E-state index is 0.640. The van der Waals surface area contributed by atoms with E-state index in [-0.39, 0.29) is 0 Å². The van der Waals surface area contributed by atoms with Gasteiger partial charge in [-0.1, -0.05) is 11.6 Å². The van der Waals surface area contributed by atoms with Gasteiger partial charge in [0.15, 0.2) is 0 Å². The van der Waals surface area contributed by atoms with Gasteiger partial charge in [0.05, 0.1) is 16.3 Å². The van der Waals surface area contributed by atoms with E-state index in [0.29, 0.717) is 10.6 Å². The number of rotatable bonds is 1. The molecule has 0 atom stereocenters. The standard InChI is InChI=1S/C11H10BrClN2/c12-9-6-10(13)11(5-8(9)7-14)15-3-1-2-4-15/h5-6H,1-4H2.